The lowest BCUT2D eigenvalue weighted by atomic mass is 10.0. The standard InChI is InChI=1S/C13H14N2O4/c16-11-6-5-10(13(19)15-11)14-9-4-2-1-3-8(9)7-12(17)18/h1-4,10,14H,5-7H2,(H,17,18)(H,15,16,19). The minimum absolute atomic E-state index is 0.115. The van der Waals surface area contributed by atoms with Crippen molar-refractivity contribution in [2.45, 2.75) is 25.3 Å². The van der Waals surface area contributed by atoms with E-state index in [-0.39, 0.29) is 24.7 Å². The molecular weight excluding hydrogens is 248 g/mol. The van der Waals surface area contributed by atoms with Crippen molar-refractivity contribution in [3.8, 4) is 0 Å². The highest BCUT2D eigenvalue weighted by atomic mass is 16.4. The van der Waals surface area contributed by atoms with E-state index in [1.807, 2.05) is 0 Å². The van der Waals surface area contributed by atoms with Crippen molar-refractivity contribution in [1.29, 1.82) is 0 Å². The molecule has 0 bridgehead atoms. The number of nitrogens with one attached hydrogen (secondary N) is 2. The predicted octanol–water partition coefficient (Wildman–Crippen LogP) is 0.531. The maximum atomic E-state index is 11.6. The van der Waals surface area contributed by atoms with Crippen molar-refractivity contribution >= 4 is 23.5 Å². The van der Waals surface area contributed by atoms with Crippen LogP contribution in [0.25, 0.3) is 0 Å². The molecule has 6 nitrogen and oxygen atoms in total. The molecule has 1 aliphatic heterocycles. The lowest BCUT2D eigenvalue weighted by Crippen LogP contribution is -2.47. The topological polar surface area (TPSA) is 95.5 Å². The van der Waals surface area contributed by atoms with Gasteiger partial charge in [-0.2, -0.15) is 0 Å². The van der Waals surface area contributed by atoms with Crippen LogP contribution >= 0.6 is 0 Å². The van der Waals surface area contributed by atoms with Crippen molar-refractivity contribution < 1.29 is 19.5 Å². The Balaban J connectivity index is 2.12. The summed E-state index contributed by atoms with van der Waals surface area (Å²) in [5, 5.41) is 14.1. The van der Waals surface area contributed by atoms with Gasteiger partial charge in [0, 0.05) is 12.1 Å². The number of para-hydroxylation sites is 1. The number of amides is 2. The van der Waals surface area contributed by atoms with E-state index in [0.29, 0.717) is 17.7 Å². The number of rotatable bonds is 4. The van der Waals surface area contributed by atoms with Gasteiger partial charge in [-0.05, 0) is 18.1 Å². The van der Waals surface area contributed by atoms with Crippen LogP contribution in [-0.2, 0) is 20.8 Å². The van der Waals surface area contributed by atoms with Gasteiger partial charge >= 0.3 is 5.97 Å². The number of benzene rings is 1. The molecule has 0 aromatic heterocycles. The van der Waals surface area contributed by atoms with E-state index in [0.717, 1.165) is 0 Å². The average molecular weight is 262 g/mol. The Labute approximate surface area is 109 Å². The van der Waals surface area contributed by atoms with E-state index < -0.39 is 12.0 Å². The van der Waals surface area contributed by atoms with Gasteiger partial charge in [-0.15, -0.1) is 0 Å². The molecule has 2 rings (SSSR count). The number of anilines is 1. The third-order valence-corrected chi connectivity index (χ3v) is 2.93. The minimum atomic E-state index is -0.933. The monoisotopic (exact) mass is 262 g/mol. The minimum Gasteiger partial charge on any atom is -0.481 e. The fourth-order valence-corrected chi connectivity index (χ4v) is 2.00. The lowest BCUT2D eigenvalue weighted by molar-refractivity contribution is -0.136. The van der Waals surface area contributed by atoms with Gasteiger partial charge in [0.2, 0.25) is 11.8 Å². The normalized spacial score (nSPS) is 18.8. The fraction of sp³-hybridized carbons (Fsp3) is 0.308. The smallest absolute Gasteiger partial charge is 0.307 e. The molecule has 0 saturated carbocycles. The maximum Gasteiger partial charge on any atom is 0.307 e. The molecule has 100 valence electrons. The Morgan fingerprint density at radius 2 is 2.11 bits per heavy atom. The van der Waals surface area contributed by atoms with Crippen LogP contribution in [-0.4, -0.2) is 28.9 Å². The van der Waals surface area contributed by atoms with Crippen LogP contribution in [0.2, 0.25) is 0 Å². The summed E-state index contributed by atoms with van der Waals surface area (Å²) in [6.07, 6.45) is 0.576. The molecule has 3 N–H and O–H groups in total. The summed E-state index contributed by atoms with van der Waals surface area (Å²) in [7, 11) is 0. The molecule has 0 radical (unpaired) electrons. The van der Waals surface area contributed by atoms with Crippen LogP contribution < -0.4 is 10.6 Å². The summed E-state index contributed by atoms with van der Waals surface area (Å²) in [5.74, 6) is -1.58. The quantitative estimate of drug-likeness (QED) is 0.688. The third-order valence-electron chi connectivity index (χ3n) is 2.93. The van der Waals surface area contributed by atoms with Crippen LogP contribution in [0.4, 0.5) is 5.69 Å². The summed E-state index contributed by atoms with van der Waals surface area (Å²) in [4.78, 5) is 33.4. The lowest BCUT2D eigenvalue weighted by Gasteiger charge is -2.23. The number of aliphatic carboxylic acids is 1. The van der Waals surface area contributed by atoms with Crippen LogP contribution in [0.5, 0.6) is 0 Å². The second-order valence-electron chi connectivity index (χ2n) is 4.38. The van der Waals surface area contributed by atoms with E-state index >= 15 is 0 Å². The summed E-state index contributed by atoms with van der Waals surface area (Å²) >= 11 is 0. The number of piperidine rings is 1. The third kappa shape index (κ3) is 3.31. The molecule has 1 heterocycles. The second kappa shape index (κ2) is 5.51. The van der Waals surface area contributed by atoms with Crippen LogP contribution in [0.3, 0.4) is 0 Å². The second-order valence-corrected chi connectivity index (χ2v) is 4.38. The Morgan fingerprint density at radius 3 is 2.79 bits per heavy atom. The summed E-state index contributed by atoms with van der Waals surface area (Å²) < 4.78 is 0. The van der Waals surface area contributed by atoms with E-state index in [9.17, 15) is 14.4 Å². The van der Waals surface area contributed by atoms with E-state index in [1.165, 1.54) is 0 Å². The van der Waals surface area contributed by atoms with Crippen molar-refractivity contribution in [3.63, 3.8) is 0 Å². The van der Waals surface area contributed by atoms with Gasteiger partial charge in [0.15, 0.2) is 0 Å². The molecule has 1 unspecified atom stereocenters. The summed E-state index contributed by atoms with van der Waals surface area (Å²) in [6, 6.07) is 6.42. The van der Waals surface area contributed by atoms with Crippen LogP contribution in [0.1, 0.15) is 18.4 Å². The highest BCUT2D eigenvalue weighted by Gasteiger charge is 2.26. The summed E-state index contributed by atoms with van der Waals surface area (Å²) in [6.45, 7) is 0. The molecular formula is C13H14N2O4. The largest absolute Gasteiger partial charge is 0.481 e. The van der Waals surface area contributed by atoms with Crippen LogP contribution in [0.15, 0.2) is 24.3 Å². The molecule has 0 aliphatic carbocycles. The Morgan fingerprint density at radius 1 is 1.37 bits per heavy atom. The average Bonchev–Trinajstić information content (AvgIpc) is 2.34. The SMILES string of the molecule is O=C(O)Cc1ccccc1NC1CCC(=O)NC1=O. The fourth-order valence-electron chi connectivity index (χ4n) is 2.00. The first-order valence-corrected chi connectivity index (χ1v) is 5.96. The van der Waals surface area contributed by atoms with Crippen molar-refractivity contribution in [2.24, 2.45) is 0 Å². The van der Waals surface area contributed by atoms with Gasteiger partial charge in [0.1, 0.15) is 6.04 Å². The molecule has 2 amide bonds. The van der Waals surface area contributed by atoms with Crippen molar-refractivity contribution in [3.05, 3.63) is 29.8 Å². The van der Waals surface area contributed by atoms with E-state index in [2.05, 4.69) is 10.6 Å². The molecule has 1 atom stereocenters. The van der Waals surface area contributed by atoms with E-state index in [1.54, 1.807) is 24.3 Å². The first-order valence-electron chi connectivity index (χ1n) is 5.96. The molecule has 0 spiro atoms. The summed E-state index contributed by atoms with van der Waals surface area (Å²) in [5.41, 5.74) is 1.22. The number of carboxylic acids is 1. The zero-order chi connectivity index (χ0) is 13.8. The number of carbonyl (C=O) groups is 3. The number of carbonyl (C=O) groups excluding carboxylic acids is 2. The van der Waals surface area contributed by atoms with Crippen molar-refractivity contribution in [2.75, 3.05) is 5.32 Å². The van der Waals surface area contributed by atoms with Gasteiger partial charge in [-0.25, -0.2) is 0 Å². The van der Waals surface area contributed by atoms with Gasteiger partial charge in [0.25, 0.3) is 0 Å². The number of imide groups is 1. The molecule has 1 saturated heterocycles. The Hall–Kier alpha value is -2.37. The van der Waals surface area contributed by atoms with Gasteiger partial charge < -0.3 is 10.4 Å². The Kier molecular flexibility index (Phi) is 3.79. The molecule has 1 aliphatic rings. The molecule has 1 aromatic carbocycles. The molecule has 1 fully saturated rings. The molecule has 6 heteroatoms. The van der Waals surface area contributed by atoms with Crippen molar-refractivity contribution in [1.82, 2.24) is 5.32 Å². The number of carboxylic acid groups (broad SMARTS) is 1. The van der Waals surface area contributed by atoms with Gasteiger partial charge in [-0.3, -0.25) is 19.7 Å². The number of hydrogen-bond donors (Lipinski definition) is 3. The highest BCUT2D eigenvalue weighted by Crippen LogP contribution is 2.19. The Bertz CT molecular complexity index is 527. The number of hydrogen-bond acceptors (Lipinski definition) is 4. The molecule has 19 heavy (non-hydrogen) atoms. The predicted molar refractivity (Wildman–Crippen MR) is 67.6 cm³/mol. The first kappa shape index (κ1) is 13.1. The highest BCUT2D eigenvalue weighted by molar-refractivity contribution is 6.01. The van der Waals surface area contributed by atoms with E-state index in [4.69, 9.17) is 5.11 Å². The molecule has 1 aromatic rings. The zero-order valence-electron chi connectivity index (χ0n) is 10.2. The van der Waals surface area contributed by atoms with Crippen LogP contribution in [0, 0.1) is 0 Å². The maximum absolute atomic E-state index is 11.6. The first-order chi connectivity index (χ1) is 9.06. The van der Waals surface area contributed by atoms with Gasteiger partial charge in [0.05, 0.1) is 6.42 Å². The van der Waals surface area contributed by atoms with Gasteiger partial charge in [-0.1, -0.05) is 18.2 Å². The zero-order valence-corrected chi connectivity index (χ0v) is 10.2.